The summed E-state index contributed by atoms with van der Waals surface area (Å²) in [5.41, 5.74) is 2.17. The van der Waals surface area contributed by atoms with Crippen LogP contribution in [-0.4, -0.2) is 22.4 Å². The zero-order chi connectivity index (χ0) is 19.5. The summed E-state index contributed by atoms with van der Waals surface area (Å²) in [5.74, 6) is 0.293. The molecule has 0 atom stereocenters. The Balaban J connectivity index is 1.62. The van der Waals surface area contributed by atoms with E-state index in [1.807, 2.05) is 60.0 Å². The Morgan fingerprint density at radius 3 is 2.61 bits per heavy atom. The smallest absolute Gasteiger partial charge is 0.271 e. The van der Waals surface area contributed by atoms with Crippen LogP contribution in [0.1, 0.15) is 15.9 Å². The second kappa shape index (κ2) is 7.66. The van der Waals surface area contributed by atoms with Gasteiger partial charge >= 0.3 is 0 Å². The van der Waals surface area contributed by atoms with Crippen molar-refractivity contribution in [3.8, 4) is 17.0 Å². The number of nitrogens with zero attached hydrogens (tertiary/aromatic N) is 2. The Bertz CT molecular complexity index is 1180. The van der Waals surface area contributed by atoms with Crippen molar-refractivity contribution in [3.63, 3.8) is 0 Å². The molecule has 0 bridgehead atoms. The third-order valence-corrected chi connectivity index (χ3v) is 5.21. The van der Waals surface area contributed by atoms with Crippen LogP contribution in [0.2, 0.25) is 0 Å². The lowest BCUT2D eigenvalue weighted by atomic mass is 10.2. The standard InChI is InChI=1S/C21H17N3O3S/c1-27-16-9-7-14(8-10-16)11-22-19(25)17-12-23-21-24(20(17)26)18(13-28-21)15-5-3-2-4-6-15/h2-10,12-13H,11H2,1H3,(H,22,25). The maximum absolute atomic E-state index is 13.0. The minimum absolute atomic E-state index is 0.0154. The molecule has 2 aromatic carbocycles. The molecule has 7 heteroatoms. The maximum Gasteiger partial charge on any atom is 0.271 e. The van der Waals surface area contributed by atoms with Gasteiger partial charge in [0.1, 0.15) is 11.3 Å². The van der Waals surface area contributed by atoms with E-state index in [9.17, 15) is 9.59 Å². The van der Waals surface area contributed by atoms with E-state index in [0.29, 0.717) is 11.5 Å². The lowest BCUT2D eigenvalue weighted by Gasteiger charge is -2.07. The number of benzene rings is 2. The molecule has 0 unspecified atom stereocenters. The van der Waals surface area contributed by atoms with Gasteiger partial charge in [0.15, 0.2) is 4.96 Å². The highest BCUT2D eigenvalue weighted by molar-refractivity contribution is 7.15. The molecule has 0 saturated heterocycles. The molecule has 0 aliphatic heterocycles. The van der Waals surface area contributed by atoms with E-state index in [4.69, 9.17) is 4.74 Å². The minimum Gasteiger partial charge on any atom is -0.497 e. The highest BCUT2D eigenvalue weighted by atomic mass is 32.1. The average molecular weight is 391 g/mol. The maximum atomic E-state index is 13.0. The molecule has 0 radical (unpaired) electrons. The zero-order valence-electron chi connectivity index (χ0n) is 15.1. The summed E-state index contributed by atoms with van der Waals surface area (Å²) < 4.78 is 6.61. The molecule has 0 fully saturated rings. The van der Waals surface area contributed by atoms with Crippen LogP contribution in [0.3, 0.4) is 0 Å². The molecule has 1 N–H and O–H groups in total. The molecule has 0 spiro atoms. The predicted molar refractivity (Wildman–Crippen MR) is 109 cm³/mol. The molecule has 140 valence electrons. The van der Waals surface area contributed by atoms with E-state index in [0.717, 1.165) is 22.6 Å². The summed E-state index contributed by atoms with van der Waals surface area (Å²) in [4.78, 5) is 30.4. The summed E-state index contributed by atoms with van der Waals surface area (Å²) in [5, 5.41) is 4.65. The van der Waals surface area contributed by atoms with Crippen molar-refractivity contribution in [1.29, 1.82) is 0 Å². The lowest BCUT2D eigenvalue weighted by Crippen LogP contribution is -2.31. The monoisotopic (exact) mass is 391 g/mol. The summed E-state index contributed by atoms with van der Waals surface area (Å²) in [6.07, 6.45) is 1.34. The summed E-state index contributed by atoms with van der Waals surface area (Å²) >= 11 is 1.37. The fraction of sp³-hybridized carbons (Fsp3) is 0.0952. The molecular formula is C21H17N3O3S. The molecule has 0 aliphatic rings. The van der Waals surface area contributed by atoms with Crippen molar-refractivity contribution < 1.29 is 9.53 Å². The second-order valence-corrected chi connectivity index (χ2v) is 6.95. The van der Waals surface area contributed by atoms with Gasteiger partial charge in [-0.1, -0.05) is 42.5 Å². The van der Waals surface area contributed by atoms with Gasteiger partial charge in [-0.3, -0.25) is 14.0 Å². The van der Waals surface area contributed by atoms with E-state index in [1.54, 1.807) is 7.11 Å². The van der Waals surface area contributed by atoms with Crippen molar-refractivity contribution >= 4 is 22.2 Å². The Morgan fingerprint density at radius 2 is 1.89 bits per heavy atom. The van der Waals surface area contributed by atoms with E-state index < -0.39 is 5.91 Å². The van der Waals surface area contributed by atoms with Crippen molar-refractivity contribution in [2.45, 2.75) is 6.54 Å². The third kappa shape index (κ3) is 3.39. The largest absolute Gasteiger partial charge is 0.497 e. The highest BCUT2D eigenvalue weighted by Crippen LogP contribution is 2.23. The fourth-order valence-corrected chi connectivity index (χ4v) is 3.74. The van der Waals surface area contributed by atoms with Gasteiger partial charge in [0.2, 0.25) is 0 Å². The van der Waals surface area contributed by atoms with Crippen LogP contribution in [-0.2, 0) is 6.54 Å². The number of thiazole rings is 1. The first-order valence-corrected chi connectivity index (χ1v) is 9.51. The van der Waals surface area contributed by atoms with E-state index >= 15 is 0 Å². The first-order chi connectivity index (χ1) is 13.7. The molecule has 0 aliphatic carbocycles. The number of carbonyl (C=O) groups excluding carboxylic acids is 1. The van der Waals surface area contributed by atoms with Crippen LogP contribution >= 0.6 is 11.3 Å². The van der Waals surface area contributed by atoms with Crippen molar-refractivity contribution in [2.24, 2.45) is 0 Å². The zero-order valence-corrected chi connectivity index (χ0v) is 15.9. The molecule has 0 saturated carbocycles. The fourth-order valence-electron chi connectivity index (χ4n) is 2.88. The molecule has 1 amide bonds. The molecule has 2 aromatic heterocycles. The first-order valence-electron chi connectivity index (χ1n) is 8.63. The number of fused-ring (bicyclic) bond motifs is 1. The summed E-state index contributed by atoms with van der Waals surface area (Å²) in [7, 11) is 1.60. The topological polar surface area (TPSA) is 72.7 Å². The van der Waals surface area contributed by atoms with E-state index in [1.165, 1.54) is 21.9 Å². The number of methoxy groups -OCH3 is 1. The third-order valence-electron chi connectivity index (χ3n) is 4.37. The second-order valence-electron chi connectivity index (χ2n) is 6.11. The number of hydrogen-bond acceptors (Lipinski definition) is 5. The Kier molecular flexibility index (Phi) is 4.90. The van der Waals surface area contributed by atoms with Crippen molar-refractivity contribution in [1.82, 2.24) is 14.7 Å². The van der Waals surface area contributed by atoms with Gasteiger partial charge in [0.25, 0.3) is 11.5 Å². The number of aromatic nitrogens is 2. The predicted octanol–water partition coefficient (Wildman–Crippen LogP) is 3.36. The number of rotatable bonds is 5. The quantitative estimate of drug-likeness (QED) is 0.566. The Labute approximate surface area is 165 Å². The van der Waals surface area contributed by atoms with E-state index in [-0.39, 0.29) is 11.1 Å². The molecule has 6 nitrogen and oxygen atoms in total. The molecule has 4 aromatic rings. The molecular weight excluding hydrogens is 374 g/mol. The number of nitrogens with one attached hydrogen (secondary N) is 1. The normalized spacial score (nSPS) is 10.8. The van der Waals surface area contributed by atoms with E-state index in [2.05, 4.69) is 10.3 Å². The molecule has 28 heavy (non-hydrogen) atoms. The lowest BCUT2D eigenvalue weighted by molar-refractivity contribution is 0.0949. The van der Waals surface area contributed by atoms with Gasteiger partial charge in [0, 0.05) is 18.1 Å². The Morgan fingerprint density at radius 1 is 1.14 bits per heavy atom. The molecule has 4 rings (SSSR count). The van der Waals surface area contributed by atoms with Gasteiger partial charge in [-0.25, -0.2) is 4.98 Å². The van der Waals surface area contributed by atoms with Crippen LogP contribution in [0.4, 0.5) is 0 Å². The van der Waals surface area contributed by atoms with Crippen LogP contribution < -0.4 is 15.6 Å². The average Bonchev–Trinajstić information content (AvgIpc) is 3.18. The van der Waals surface area contributed by atoms with Gasteiger partial charge < -0.3 is 10.1 Å². The van der Waals surface area contributed by atoms with Gasteiger partial charge in [-0.15, -0.1) is 11.3 Å². The summed E-state index contributed by atoms with van der Waals surface area (Å²) in [6, 6.07) is 16.9. The van der Waals surface area contributed by atoms with Gasteiger partial charge in [0.05, 0.1) is 12.8 Å². The van der Waals surface area contributed by atoms with Crippen molar-refractivity contribution in [3.05, 3.63) is 87.7 Å². The number of ether oxygens (including phenoxy) is 1. The SMILES string of the molecule is COc1ccc(CNC(=O)c2cnc3scc(-c4ccccc4)n3c2=O)cc1. The van der Waals surface area contributed by atoms with Crippen LogP contribution in [0, 0.1) is 0 Å². The number of hydrogen-bond donors (Lipinski definition) is 1. The minimum atomic E-state index is -0.451. The number of amides is 1. The first kappa shape index (κ1) is 17.9. The Hall–Kier alpha value is -3.45. The summed E-state index contributed by atoms with van der Waals surface area (Å²) in [6.45, 7) is 0.306. The van der Waals surface area contributed by atoms with Crippen LogP contribution in [0.15, 0.2) is 71.0 Å². The van der Waals surface area contributed by atoms with Gasteiger partial charge in [-0.2, -0.15) is 0 Å². The van der Waals surface area contributed by atoms with Crippen LogP contribution in [0.25, 0.3) is 16.2 Å². The highest BCUT2D eigenvalue weighted by Gasteiger charge is 2.16. The molecule has 2 heterocycles. The van der Waals surface area contributed by atoms with Crippen molar-refractivity contribution in [2.75, 3.05) is 7.11 Å². The van der Waals surface area contributed by atoms with Crippen LogP contribution in [0.5, 0.6) is 5.75 Å². The number of carbonyl (C=O) groups is 1. The van der Waals surface area contributed by atoms with Gasteiger partial charge in [-0.05, 0) is 23.3 Å².